The largest absolute Gasteiger partial charge is 0.508 e. The summed E-state index contributed by atoms with van der Waals surface area (Å²) in [6, 6.07) is 17.4. The van der Waals surface area contributed by atoms with E-state index in [0.29, 0.717) is 10.9 Å². The van der Waals surface area contributed by atoms with Crippen molar-refractivity contribution in [1.29, 1.82) is 0 Å². The van der Waals surface area contributed by atoms with Crippen LogP contribution in [-0.4, -0.2) is 28.2 Å². The van der Waals surface area contributed by atoms with E-state index in [2.05, 4.69) is 0 Å². The number of phenolic OH excluding ortho intramolecular Hbond substituents is 2. The van der Waals surface area contributed by atoms with E-state index in [1.165, 1.54) is 6.07 Å². The minimum atomic E-state index is -0.131. The standard InChI is InChI=1S/C18H14O3.CH4O.CH4/c19-15-7-6-13-10-16(18(21)11-14(13)9-15)17(20)8-12-4-2-1-3-5-12;1-2;/h1-7,9-11,19,21H,8H2;2H,1H3;1H4. The number of carbonyl (C=O) groups is 1. The lowest BCUT2D eigenvalue weighted by atomic mass is 9.99. The maximum absolute atomic E-state index is 12.3. The molecule has 0 heterocycles. The molecule has 4 nitrogen and oxygen atoms in total. The molecule has 0 aliphatic rings. The normalized spacial score (nSPS) is 9.58. The lowest BCUT2D eigenvalue weighted by molar-refractivity contribution is 0.0990. The van der Waals surface area contributed by atoms with Crippen LogP contribution in [0.3, 0.4) is 0 Å². The fourth-order valence-corrected chi connectivity index (χ4v) is 2.37. The van der Waals surface area contributed by atoms with Crippen LogP contribution in [0.4, 0.5) is 0 Å². The highest BCUT2D eigenvalue weighted by Crippen LogP contribution is 2.28. The van der Waals surface area contributed by atoms with E-state index in [1.807, 2.05) is 30.3 Å². The number of hydrogen-bond acceptors (Lipinski definition) is 4. The molecule has 0 saturated heterocycles. The van der Waals surface area contributed by atoms with Crippen molar-refractivity contribution in [3.8, 4) is 11.5 Å². The third kappa shape index (κ3) is 4.33. The van der Waals surface area contributed by atoms with Crippen LogP contribution in [0.5, 0.6) is 11.5 Å². The molecule has 24 heavy (non-hydrogen) atoms. The van der Waals surface area contributed by atoms with Gasteiger partial charge in [0.05, 0.1) is 5.56 Å². The molecule has 126 valence electrons. The summed E-state index contributed by atoms with van der Waals surface area (Å²) in [5.74, 6) is -0.0621. The number of fused-ring (bicyclic) bond motifs is 1. The van der Waals surface area contributed by atoms with Gasteiger partial charge in [-0.25, -0.2) is 0 Å². The Balaban J connectivity index is 0.000000925. The summed E-state index contributed by atoms with van der Waals surface area (Å²) in [6.07, 6.45) is 0.248. The van der Waals surface area contributed by atoms with Crippen LogP contribution < -0.4 is 0 Å². The molecule has 3 rings (SSSR count). The molecule has 0 unspecified atom stereocenters. The first-order chi connectivity index (χ1) is 11.1. The highest BCUT2D eigenvalue weighted by molar-refractivity contribution is 6.03. The Hall–Kier alpha value is -2.85. The number of benzene rings is 3. The predicted molar refractivity (Wildman–Crippen MR) is 96.6 cm³/mol. The van der Waals surface area contributed by atoms with Crippen molar-refractivity contribution in [1.82, 2.24) is 0 Å². The Labute approximate surface area is 141 Å². The average Bonchev–Trinajstić information content (AvgIpc) is 2.56. The second kappa shape index (κ2) is 8.70. The Kier molecular flexibility index (Phi) is 6.96. The summed E-state index contributed by atoms with van der Waals surface area (Å²) in [4.78, 5) is 12.3. The summed E-state index contributed by atoms with van der Waals surface area (Å²) < 4.78 is 0. The van der Waals surface area contributed by atoms with Gasteiger partial charge in [-0.3, -0.25) is 4.79 Å². The molecule has 0 atom stereocenters. The van der Waals surface area contributed by atoms with Gasteiger partial charge in [0.2, 0.25) is 0 Å². The van der Waals surface area contributed by atoms with E-state index in [1.54, 1.807) is 24.3 Å². The van der Waals surface area contributed by atoms with E-state index in [4.69, 9.17) is 5.11 Å². The SMILES string of the molecule is C.CO.O=C(Cc1ccccc1)c1cc2ccc(O)cc2cc1O. The van der Waals surface area contributed by atoms with Crippen molar-refractivity contribution >= 4 is 16.6 Å². The van der Waals surface area contributed by atoms with Gasteiger partial charge in [0.1, 0.15) is 11.5 Å². The zero-order valence-corrected chi connectivity index (χ0v) is 12.7. The van der Waals surface area contributed by atoms with E-state index in [0.717, 1.165) is 18.1 Å². The van der Waals surface area contributed by atoms with Crippen LogP contribution >= 0.6 is 0 Å². The van der Waals surface area contributed by atoms with Crippen LogP contribution in [0.1, 0.15) is 23.3 Å². The number of aliphatic hydroxyl groups is 1. The number of phenols is 2. The van der Waals surface area contributed by atoms with Gasteiger partial charge in [-0.1, -0.05) is 43.8 Å². The molecule has 0 aromatic heterocycles. The maximum atomic E-state index is 12.3. The molecule has 0 aliphatic heterocycles. The molecule has 0 spiro atoms. The number of Topliss-reactive ketones (excluding diaryl/α,β-unsaturated/α-hetero) is 1. The highest BCUT2D eigenvalue weighted by atomic mass is 16.3. The molecule has 0 aliphatic carbocycles. The van der Waals surface area contributed by atoms with Crippen molar-refractivity contribution in [2.75, 3.05) is 7.11 Å². The third-order valence-corrected chi connectivity index (χ3v) is 3.45. The molecule has 3 N–H and O–H groups in total. The van der Waals surface area contributed by atoms with Crippen molar-refractivity contribution in [3.05, 3.63) is 71.8 Å². The summed E-state index contributed by atoms with van der Waals surface area (Å²) >= 11 is 0. The number of rotatable bonds is 3. The summed E-state index contributed by atoms with van der Waals surface area (Å²) in [7, 11) is 1.00. The van der Waals surface area contributed by atoms with Crippen LogP contribution in [-0.2, 0) is 6.42 Å². The molecular formula is C20H22O4. The van der Waals surface area contributed by atoms with Gasteiger partial charge in [-0.2, -0.15) is 0 Å². The molecule has 3 aromatic carbocycles. The van der Waals surface area contributed by atoms with Crippen LogP contribution in [0.25, 0.3) is 10.8 Å². The summed E-state index contributed by atoms with van der Waals surface area (Å²) in [6.45, 7) is 0. The lowest BCUT2D eigenvalue weighted by Gasteiger charge is -2.07. The lowest BCUT2D eigenvalue weighted by Crippen LogP contribution is -2.03. The second-order valence-electron chi connectivity index (χ2n) is 4.99. The van der Waals surface area contributed by atoms with E-state index in [-0.39, 0.29) is 31.1 Å². The molecule has 0 amide bonds. The van der Waals surface area contributed by atoms with Crippen molar-refractivity contribution in [3.63, 3.8) is 0 Å². The average molecular weight is 326 g/mol. The minimum absolute atomic E-state index is 0. The maximum Gasteiger partial charge on any atom is 0.170 e. The Morgan fingerprint density at radius 3 is 2.21 bits per heavy atom. The van der Waals surface area contributed by atoms with Crippen LogP contribution in [0.15, 0.2) is 60.7 Å². The zero-order chi connectivity index (χ0) is 16.8. The van der Waals surface area contributed by atoms with Crippen molar-refractivity contribution in [2.24, 2.45) is 0 Å². The van der Waals surface area contributed by atoms with Crippen molar-refractivity contribution < 1.29 is 20.1 Å². The highest BCUT2D eigenvalue weighted by Gasteiger charge is 2.13. The molecule has 0 saturated carbocycles. The van der Waals surface area contributed by atoms with E-state index in [9.17, 15) is 15.0 Å². The quantitative estimate of drug-likeness (QED) is 0.638. The van der Waals surface area contributed by atoms with Gasteiger partial charge >= 0.3 is 0 Å². The van der Waals surface area contributed by atoms with Crippen molar-refractivity contribution in [2.45, 2.75) is 13.8 Å². The van der Waals surface area contributed by atoms with E-state index < -0.39 is 0 Å². The molecular weight excluding hydrogens is 304 g/mol. The van der Waals surface area contributed by atoms with Gasteiger partial charge in [0, 0.05) is 13.5 Å². The monoisotopic (exact) mass is 326 g/mol. The first kappa shape index (κ1) is 19.2. The number of hydrogen-bond donors (Lipinski definition) is 3. The fraction of sp³-hybridized carbons (Fsp3) is 0.150. The summed E-state index contributed by atoms with van der Waals surface area (Å²) in [5.41, 5.74) is 1.21. The topological polar surface area (TPSA) is 77.8 Å². The number of carbonyl (C=O) groups excluding carboxylic acids is 1. The minimum Gasteiger partial charge on any atom is -0.508 e. The second-order valence-corrected chi connectivity index (χ2v) is 4.99. The van der Waals surface area contributed by atoms with Crippen LogP contribution in [0.2, 0.25) is 0 Å². The third-order valence-electron chi connectivity index (χ3n) is 3.45. The Bertz CT molecular complexity index is 810. The van der Waals surface area contributed by atoms with Gasteiger partial charge in [-0.05, 0) is 40.6 Å². The molecule has 0 bridgehead atoms. The first-order valence-corrected chi connectivity index (χ1v) is 7.11. The smallest absolute Gasteiger partial charge is 0.170 e. The number of aliphatic hydroxyl groups excluding tert-OH is 1. The van der Waals surface area contributed by atoms with Gasteiger partial charge in [-0.15, -0.1) is 0 Å². The summed E-state index contributed by atoms with van der Waals surface area (Å²) in [5, 5.41) is 28.0. The number of ketones is 1. The Morgan fingerprint density at radius 1 is 0.875 bits per heavy atom. The predicted octanol–water partition coefficient (Wildman–Crippen LogP) is 3.92. The van der Waals surface area contributed by atoms with E-state index >= 15 is 0 Å². The fourth-order valence-electron chi connectivity index (χ4n) is 2.37. The van der Waals surface area contributed by atoms with Gasteiger partial charge in [0.15, 0.2) is 5.78 Å². The van der Waals surface area contributed by atoms with Gasteiger partial charge < -0.3 is 15.3 Å². The van der Waals surface area contributed by atoms with Gasteiger partial charge in [0.25, 0.3) is 0 Å². The molecule has 4 heteroatoms. The molecule has 0 fully saturated rings. The number of aromatic hydroxyl groups is 2. The first-order valence-electron chi connectivity index (χ1n) is 7.11. The molecule has 0 radical (unpaired) electrons. The zero-order valence-electron chi connectivity index (χ0n) is 12.7. The Morgan fingerprint density at radius 2 is 1.54 bits per heavy atom. The van der Waals surface area contributed by atoms with Crippen LogP contribution in [0, 0.1) is 0 Å². The molecule has 3 aromatic rings.